The molecule has 0 bridgehead atoms. The van der Waals surface area contributed by atoms with Crippen LogP contribution in [0, 0.1) is 5.41 Å². The number of rotatable bonds is 1. The first kappa shape index (κ1) is 14.1. The van der Waals surface area contributed by atoms with Crippen molar-refractivity contribution in [3.05, 3.63) is 27.7 Å². The monoisotopic (exact) mass is 355 g/mol. The number of carbonyl (C=O) groups excluding carboxylic acids is 2. The van der Waals surface area contributed by atoms with Gasteiger partial charge in [0.25, 0.3) is 0 Å². The van der Waals surface area contributed by atoms with Crippen molar-refractivity contribution in [2.75, 3.05) is 4.90 Å². The van der Waals surface area contributed by atoms with Gasteiger partial charge in [-0.2, -0.15) is 0 Å². The van der Waals surface area contributed by atoms with Crippen LogP contribution < -0.4 is 4.90 Å². The number of imide groups is 1. The molecule has 1 aromatic rings. The Bertz CT molecular complexity index is 561. The summed E-state index contributed by atoms with van der Waals surface area (Å²) in [5.41, 5.74) is 0.529. The predicted octanol–water partition coefficient (Wildman–Crippen LogP) is 4.32. The van der Waals surface area contributed by atoms with Crippen LogP contribution >= 0.6 is 27.5 Å². The molecule has 2 amide bonds. The van der Waals surface area contributed by atoms with E-state index < -0.39 is 0 Å². The molecule has 1 heterocycles. The molecule has 1 saturated carbocycles. The van der Waals surface area contributed by atoms with Crippen molar-refractivity contribution >= 4 is 45.0 Å². The molecule has 2 aliphatic rings. The summed E-state index contributed by atoms with van der Waals surface area (Å²) < 4.78 is 0.675. The Morgan fingerprint density at radius 2 is 1.70 bits per heavy atom. The lowest BCUT2D eigenvalue weighted by molar-refractivity contribution is -0.133. The fourth-order valence-corrected chi connectivity index (χ4v) is 4.27. The maximum atomic E-state index is 12.5. The maximum Gasteiger partial charge on any atom is 0.234 e. The lowest BCUT2D eigenvalue weighted by Gasteiger charge is -2.37. The quantitative estimate of drug-likeness (QED) is 0.703. The summed E-state index contributed by atoms with van der Waals surface area (Å²) in [6, 6.07) is 5.12. The summed E-state index contributed by atoms with van der Waals surface area (Å²) in [6.45, 7) is 0. The Morgan fingerprint density at radius 1 is 1.10 bits per heavy atom. The number of hydrogen-bond acceptors (Lipinski definition) is 2. The van der Waals surface area contributed by atoms with Gasteiger partial charge in [0.2, 0.25) is 11.8 Å². The van der Waals surface area contributed by atoms with E-state index >= 15 is 0 Å². The Hall–Kier alpha value is -0.870. The number of halogens is 2. The second-order valence-corrected chi connectivity index (χ2v) is 7.07. The first-order chi connectivity index (χ1) is 9.51. The zero-order valence-electron chi connectivity index (χ0n) is 11.0. The minimum absolute atomic E-state index is 0.0659. The van der Waals surface area contributed by atoms with Crippen molar-refractivity contribution < 1.29 is 9.59 Å². The van der Waals surface area contributed by atoms with E-state index in [0.717, 1.165) is 25.7 Å². The topological polar surface area (TPSA) is 37.4 Å². The van der Waals surface area contributed by atoms with Crippen molar-refractivity contribution in [2.45, 2.75) is 38.5 Å². The summed E-state index contributed by atoms with van der Waals surface area (Å²) in [5, 5.41) is 0.574. The standard InChI is InChI=1S/C15H15BrClNO2/c16-11-7-10(17)3-4-12(11)18-13(19)8-15(9-14(18)20)5-1-2-6-15/h3-4,7H,1-2,5-6,8-9H2. The van der Waals surface area contributed by atoms with Gasteiger partial charge in [-0.1, -0.05) is 24.4 Å². The minimum atomic E-state index is -0.0915. The largest absolute Gasteiger partial charge is 0.274 e. The minimum Gasteiger partial charge on any atom is -0.274 e. The molecule has 5 heteroatoms. The molecule has 106 valence electrons. The Kier molecular flexibility index (Phi) is 3.63. The number of hydrogen-bond donors (Lipinski definition) is 0. The average Bonchev–Trinajstić information content (AvgIpc) is 2.79. The van der Waals surface area contributed by atoms with E-state index in [1.54, 1.807) is 18.2 Å². The van der Waals surface area contributed by atoms with E-state index in [2.05, 4.69) is 15.9 Å². The summed E-state index contributed by atoms with van der Waals surface area (Å²) in [7, 11) is 0. The highest BCUT2D eigenvalue weighted by molar-refractivity contribution is 9.10. The number of amides is 2. The molecule has 3 rings (SSSR count). The SMILES string of the molecule is O=C1CC2(CCCC2)CC(=O)N1c1ccc(Cl)cc1Br. The van der Waals surface area contributed by atoms with Crippen LogP contribution in [0.1, 0.15) is 38.5 Å². The smallest absolute Gasteiger partial charge is 0.234 e. The fourth-order valence-electron chi connectivity index (χ4n) is 3.41. The van der Waals surface area contributed by atoms with E-state index in [9.17, 15) is 9.59 Å². The van der Waals surface area contributed by atoms with Gasteiger partial charge in [0.05, 0.1) is 5.69 Å². The third-order valence-corrected chi connectivity index (χ3v) is 5.24. The van der Waals surface area contributed by atoms with Gasteiger partial charge in [-0.25, -0.2) is 4.90 Å². The Labute approximate surface area is 131 Å². The number of benzene rings is 1. The highest BCUT2D eigenvalue weighted by Gasteiger charge is 2.45. The first-order valence-corrected chi connectivity index (χ1v) is 7.99. The highest BCUT2D eigenvalue weighted by Crippen LogP contribution is 2.48. The lowest BCUT2D eigenvalue weighted by Crippen LogP contribution is -2.47. The van der Waals surface area contributed by atoms with Crippen LogP contribution in [0.25, 0.3) is 0 Å². The van der Waals surface area contributed by atoms with Crippen LogP contribution in [0.3, 0.4) is 0 Å². The molecule has 3 nitrogen and oxygen atoms in total. The predicted molar refractivity (Wildman–Crippen MR) is 81.8 cm³/mol. The van der Waals surface area contributed by atoms with Crippen LogP contribution in [0.4, 0.5) is 5.69 Å². The third-order valence-electron chi connectivity index (χ3n) is 4.37. The number of nitrogens with zero attached hydrogens (tertiary/aromatic N) is 1. The van der Waals surface area contributed by atoms with E-state index in [4.69, 9.17) is 11.6 Å². The molecule has 1 aliphatic carbocycles. The van der Waals surface area contributed by atoms with E-state index in [-0.39, 0.29) is 17.2 Å². The molecule has 20 heavy (non-hydrogen) atoms. The molecule has 0 atom stereocenters. The maximum absolute atomic E-state index is 12.5. The second kappa shape index (κ2) is 5.15. The van der Waals surface area contributed by atoms with E-state index in [0.29, 0.717) is 28.0 Å². The average molecular weight is 357 g/mol. The van der Waals surface area contributed by atoms with Gasteiger partial charge in [0, 0.05) is 22.3 Å². The third kappa shape index (κ3) is 2.40. The Balaban J connectivity index is 1.91. The normalized spacial score (nSPS) is 21.8. The van der Waals surface area contributed by atoms with Crippen molar-refractivity contribution in [1.82, 2.24) is 0 Å². The van der Waals surface area contributed by atoms with E-state index in [1.165, 1.54) is 4.90 Å². The van der Waals surface area contributed by atoms with Gasteiger partial charge in [0.1, 0.15) is 0 Å². The number of anilines is 1. The van der Waals surface area contributed by atoms with Gasteiger partial charge in [-0.3, -0.25) is 9.59 Å². The van der Waals surface area contributed by atoms with Crippen LogP contribution in [0.15, 0.2) is 22.7 Å². The molecule has 0 unspecified atom stereocenters. The van der Waals surface area contributed by atoms with Crippen LogP contribution in [-0.2, 0) is 9.59 Å². The molecule has 0 radical (unpaired) electrons. The molecule has 0 aromatic heterocycles. The summed E-state index contributed by atoms with van der Waals surface area (Å²) in [5.74, 6) is -0.183. The van der Waals surface area contributed by atoms with Gasteiger partial charge >= 0.3 is 0 Å². The summed E-state index contributed by atoms with van der Waals surface area (Å²) >= 11 is 9.29. The van der Waals surface area contributed by atoms with Crippen LogP contribution in [-0.4, -0.2) is 11.8 Å². The molecule has 1 saturated heterocycles. The molecule has 0 N–H and O–H groups in total. The molecule has 2 fully saturated rings. The first-order valence-electron chi connectivity index (χ1n) is 6.82. The fraction of sp³-hybridized carbons (Fsp3) is 0.467. The zero-order chi connectivity index (χ0) is 14.3. The molecular formula is C15H15BrClNO2. The van der Waals surface area contributed by atoms with Gasteiger partial charge < -0.3 is 0 Å². The molecule has 1 aliphatic heterocycles. The van der Waals surface area contributed by atoms with Crippen molar-refractivity contribution in [3.63, 3.8) is 0 Å². The zero-order valence-corrected chi connectivity index (χ0v) is 13.3. The van der Waals surface area contributed by atoms with E-state index in [1.807, 2.05) is 0 Å². The highest BCUT2D eigenvalue weighted by atomic mass is 79.9. The second-order valence-electron chi connectivity index (χ2n) is 5.78. The summed E-state index contributed by atoms with van der Waals surface area (Å²) in [4.78, 5) is 26.2. The van der Waals surface area contributed by atoms with Crippen molar-refractivity contribution in [1.29, 1.82) is 0 Å². The van der Waals surface area contributed by atoms with Gasteiger partial charge in [0.15, 0.2) is 0 Å². The van der Waals surface area contributed by atoms with Gasteiger partial charge in [-0.05, 0) is 52.4 Å². The van der Waals surface area contributed by atoms with Crippen molar-refractivity contribution in [3.8, 4) is 0 Å². The van der Waals surface area contributed by atoms with Crippen molar-refractivity contribution in [2.24, 2.45) is 5.41 Å². The van der Waals surface area contributed by atoms with Crippen LogP contribution in [0.2, 0.25) is 5.02 Å². The number of piperidine rings is 1. The molecule has 1 aromatic carbocycles. The molecular weight excluding hydrogens is 342 g/mol. The van der Waals surface area contributed by atoms with Crippen LogP contribution in [0.5, 0.6) is 0 Å². The summed E-state index contributed by atoms with van der Waals surface area (Å²) in [6.07, 6.45) is 5.22. The Morgan fingerprint density at radius 3 is 2.25 bits per heavy atom. The lowest BCUT2D eigenvalue weighted by atomic mass is 9.76. The van der Waals surface area contributed by atoms with Gasteiger partial charge in [-0.15, -0.1) is 0 Å². The number of carbonyl (C=O) groups is 2. The molecule has 1 spiro atoms.